The number of carbonyl (C=O) groups excluding carboxylic acids is 2. The number of nitrogens with one attached hydrogen (secondary N) is 1. The molecule has 3 aromatic rings. The quantitative estimate of drug-likeness (QED) is 0.631. The van der Waals surface area contributed by atoms with Crippen LogP contribution in [0.2, 0.25) is 0 Å². The molecule has 0 radical (unpaired) electrons. The molecule has 0 fully saturated rings. The van der Waals surface area contributed by atoms with Gasteiger partial charge in [-0.05, 0) is 57.9 Å². The highest BCUT2D eigenvalue weighted by Crippen LogP contribution is 2.17. The van der Waals surface area contributed by atoms with E-state index in [1.54, 1.807) is 28.8 Å². The standard InChI is InChI=1S/C22H23N5O3/c1-13-10-20-24-14(2)19(15(3)27(20)26-13)8-9-21(28)30-16(4)22(29)25-18-7-5-6-17(11-18)12-23/h5-7,10-11,16H,8-9H2,1-4H3,(H,25,29)/t16-/m1/s1. The predicted molar refractivity (Wildman–Crippen MR) is 111 cm³/mol. The zero-order valence-corrected chi connectivity index (χ0v) is 17.4. The lowest BCUT2D eigenvalue weighted by Crippen LogP contribution is -2.30. The van der Waals surface area contributed by atoms with Gasteiger partial charge in [0.15, 0.2) is 11.8 Å². The second-order valence-corrected chi connectivity index (χ2v) is 7.13. The highest BCUT2D eigenvalue weighted by molar-refractivity contribution is 5.95. The van der Waals surface area contributed by atoms with Crippen LogP contribution in [0.4, 0.5) is 5.69 Å². The molecule has 2 aromatic heterocycles. The number of nitriles is 1. The maximum atomic E-state index is 12.3. The average Bonchev–Trinajstić information content (AvgIpc) is 3.08. The van der Waals surface area contributed by atoms with Crippen molar-refractivity contribution in [3.8, 4) is 6.07 Å². The Bertz CT molecular complexity index is 1160. The molecule has 1 N–H and O–H groups in total. The van der Waals surface area contributed by atoms with Gasteiger partial charge in [-0.25, -0.2) is 9.50 Å². The predicted octanol–water partition coefficient (Wildman–Crippen LogP) is 3.03. The summed E-state index contributed by atoms with van der Waals surface area (Å²) in [7, 11) is 0. The number of hydrogen-bond donors (Lipinski definition) is 1. The normalized spacial score (nSPS) is 11.7. The van der Waals surface area contributed by atoms with E-state index in [0.717, 1.165) is 28.3 Å². The number of aromatic nitrogens is 3. The van der Waals surface area contributed by atoms with E-state index in [2.05, 4.69) is 15.4 Å². The van der Waals surface area contributed by atoms with E-state index in [-0.39, 0.29) is 6.42 Å². The van der Waals surface area contributed by atoms with E-state index in [1.807, 2.05) is 32.9 Å². The molecule has 0 unspecified atom stereocenters. The summed E-state index contributed by atoms with van der Waals surface area (Å²) in [6.07, 6.45) is -0.395. The van der Waals surface area contributed by atoms with Gasteiger partial charge in [0.25, 0.3) is 5.91 Å². The molecule has 154 valence electrons. The molecule has 8 heteroatoms. The number of aryl methyl sites for hydroxylation is 3. The third-order valence-electron chi connectivity index (χ3n) is 4.80. The average molecular weight is 405 g/mol. The van der Waals surface area contributed by atoms with Crippen LogP contribution in [0.5, 0.6) is 0 Å². The summed E-state index contributed by atoms with van der Waals surface area (Å²) in [5, 5.41) is 16.0. The van der Waals surface area contributed by atoms with Crippen LogP contribution >= 0.6 is 0 Å². The van der Waals surface area contributed by atoms with Gasteiger partial charge in [-0.3, -0.25) is 9.59 Å². The second kappa shape index (κ2) is 8.74. The van der Waals surface area contributed by atoms with Gasteiger partial charge in [0.1, 0.15) is 0 Å². The van der Waals surface area contributed by atoms with Crippen LogP contribution in [0.1, 0.15) is 41.6 Å². The third-order valence-corrected chi connectivity index (χ3v) is 4.80. The minimum atomic E-state index is -0.959. The van der Waals surface area contributed by atoms with E-state index < -0.39 is 18.0 Å². The summed E-state index contributed by atoms with van der Waals surface area (Å²) >= 11 is 0. The minimum Gasteiger partial charge on any atom is -0.453 e. The number of ether oxygens (including phenoxy) is 1. The smallest absolute Gasteiger partial charge is 0.306 e. The van der Waals surface area contributed by atoms with Crippen molar-refractivity contribution in [1.82, 2.24) is 14.6 Å². The molecule has 0 aliphatic heterocycles. The molecule has 3 rings (SSSR count). The number of esters is 1. The topological polar surface area (TPSA) is 109 Å². The number of anilines is 1. The van der Waals surface area contributed by atoms with Crippen molar-refractivity contribution in [2.45, 2.75) is 46.6 Å². The van der Waals surface area contributed by atoms with Gasteiger partial charge in [-0.1, -0.05) is 6.07 Å². The Morgan fingerprint density at radius 1 is 1.27 bits per heavy atom. The SMILES string of the molecule is Cc1cc2nc(C)c(CCC(=O)O[C@H](C)C(=O)Nc3cccc(C#N)c3)c(C)n2n1. The molecular formula is C22H23N5O3. The first kappa shape index (κ1) is 21.0. The van der Waals surface area contributed by atoms with E-state index in [0.29, 0.717) is 17.7 Å². The molecule has 1 amide bonds. The van der Waals surface area contributed by atoms with Crippen LogP contribution < -0.4 is 5.32 Å². The summed E-state index contributed by atoms with van der Waals surface area (Å²) in [6, 6.07) is 10.4. The number of benzene rings is 1. The Kier molecular flexibility index (Phi) is 6.11. The Labute approximate surface area is 174 Å². The maximum absolute atomic E-state index is 12.3. The van der Waals surface area contributed by atoms with Crippen molar-refractivity contribution < 1.29 is 14.3 Å². The first-order valence-electron chi connectivity index (χ1n) is 9.61. The fourth-order valence-electron chi connectivity index (χ4n) is 3.25. The molecule has 1 aromatic carbocycles. The molecule has 0 aliphatic rings. The lowest BCUT2D eigenvalue weighted by atomic mass is 10.1. The van der Waals surface area contributed by atoms with Gasteiger partial charge in [-0.15, -0.1) is 0 Å². The van der Waals surface area contributed by atoms with E-state index in [1.165, 1.54) is 6.92 Å². The van der Waals surface area contributed by atoms with E-state index in [9.17, 15) is 9.59 Å². The van der Waals surface area contributed by atoms with E-state index in [4.69, 9.17) is 10.00 Å². The first-order chi connectivity index (χ1) is 14.3. The summed E-state index contributed by atoms with van der Waals surface area (Å²) in [5.74, 6) is -0.931. The minimum absolute atomic E-state index is 0.122. The highest BCUT2D eigenvalue weighted by Gasteiger charge is 2.19. The van der Waals surface area contributed by atoms with Crippen LogP contribution in [0.25, 0.3) is 5.65 Å². The van der Waals surface area contributed by atoms with Crippen LogP contribution in [0.15, 0.2) is 30.3 Å². The number of rotatable bonds is 6. The fourth-order valence-corrected chi connectivity index (χ4v) is 3.25. The summed E-state index contributed by atoms with van der Waals surface area (Å²) in [4.78, 5) is 29.1. The van der Waals surface area contributed by atoms with Crippen LogP contribution in [0, 0.1) is 32.1 Å². The molecule has 1 atom stereocenters. The van der Waals surface area contributed by atoms with Crippen LogP contribution in [0.3, 0.4) is 0 Å². The number of nitrogens with zero attached hydrogens (tertiary/aromatic N) is 4. The molecule has 0 aliphatic carbocycles. The van der Waals surface area contributed by atoms with E-state index >= 15 is 0 Å². The molecule has 0 saturated carbocycles. The molecular weight excluding hydrogens is 382 g/mol. The van der Waals surface area contributed by atoms with Crippen molar-refractivity contribution in [2.75, 3.05) is 5.32 Å². The van der Waals surface area contributed by atoms with Crippen molar-refractivity contribution in [3.63, 3.8) is 0 Å². The molecule has 30 heavy (non-hydrogen) atoms. The lowest BCUT2D eigenvalue weighted by Gasteiger charge is -2.14. The number of fused-ring (bicyclic) bond motifs is 1. The third kappa shape index (κ3) is 4.63. The Morgan fingerprint density at radius 3 is 2.77 bits per heavy atom. The number of hydrogen-bond acceptors (Lipinski definition) is 6. The van der Waals surface area contributed by atoms with Crippen LogP contribution in [-0.4, -0.2) is 32.6 Å². The molecule has 8 nitrogen and oxygen atoms in total. The number of carbonyl (C=O) groups is 2. The van der Waals surface area contributed by atoms with Gasteiger partial charge < -0.3 is 10.1 Å². The summed E-state index contributed by atoms with van der Waals surface area (Å²) in [5.41, 5.74) is 5.27. The lowest BCUT2D eigenvalue weighted by molar-refractivity contribution is -0.153. The van der Waals surface area contributed by atoms with Crippen molar-refractivity contribution >= 4 is 23.2 Å². The van der Waals surface area contributed by atoms with Gasteiger partial charge in [0.05, 0.1) is 17.3 Å². The second-order valence-electron chi connectivity index (χ2n) is 7.13. The molecule has 2 heterocycles. The van der Waals surface area contributed by atoms with Gasteiger partial charge in [0.2, 0.25) is 0 Å². The monoisotopic (exact) mass is 405 g/mol. The zero-order chi connectivity index (χ0) is 21.8. The van der Waals surface area contributed by atoms with Gasteiger partial charge in [0, 0.05) is 29.6 Å². The molecule has 0 bridgehead atoms. The fraction of sp³-hybridized carbons (Fsp3) is 0.318. The number of amides is 1. The highest BCUT2D eigenvalue weighted by atomic mass is 16.5. The Balaban J connectivity index is 1.59. The Morgan fingerprint density at radius 2 is 2.03 bits per heavy atom. The van der Waals surface area contributed by atoms with Gasteiger partial charge >= 0.3 is 5.97 Å². The summed E-state index contributed by atoms with van der Waals surface area (Å²) < 4.78 is 7.05. The van der Waals surface area contributed by atoms with Crippen LogP contribution in [-0.2, 0) is 20.7 Å². The van der Waals surface area contributed by atoms with Crippen molar-refractivity contribution in [2.24, 2.45) is 0 Å². The molecule has 0 spiro atoms. The molecule has 0 saturated heterocycles. The zero-order valence-electron chi connectivity index (χ0n) is 17.4. The Hall–Kier alpha value is -3.73. The maximum Gasteiger partial charge on any atom is 0.306 e. The first-order valence-corrected chi connectivity index (χ1v) is 9.61. The summed E-state index contributed by atoms with van der Waals surface area (Å²) in [6.45, 7) is 7.27. The van der Waals surface area contributed by atoms with Crippen molar-refractivity contribution in [3.05, 3.63) is 58.5 Å². The largest absolute Gasteiger partial charge is 0.453 e. The van der Waals surface area contributed by atoms with Gasteiger partial charge in [-0.2, -0.15) is 10.4 Å². The van der Waals surface area contributed by atoms with Crippen molar-refractivity contribution in [1.29, 1.82) is 5.26 Å².